The molecule has 3 aromatic rings. The SMILES string of the molecule is COc1cc(Nc2ncc(Br)c(Nc3ccccc3SC)n2)cc(OC)c1OC. The van der Waals surface area contributed by atoms with Crippen LogP contribution in [0.25, 0.3) is 0 Å². The molecule has 0 fully saturated rings. The first kappa shape index (κ1) is 21.1. The molecule has 0 spiro atoms. The lowest BCUT2D eigenvalue weighted by molar-refractivity contribution is 0.324. The van der Waals surface area contributed by atoms with Crippen LogP contribution in [0.2, 0.25) is 0 Å². The smallest absolute Gasteiger partial charge is 0.229 e. The molecule has 0 atom stereocenters. The fourth-order valence-corrected chi connectivity index (χ4v) is 3.52. The van der Waals surface area contributed by atoms with Crippen LogP contribution in [-0.2, 0) is 0 Å². The van der Waals surface area contributed by atoms with Crippen molar-refractivity contribution in [3.05, 3.63) is 47.1 Å². The molecule has 7 nitrogen and oxygen atoms in total. The number of ether oxygens (including phenoxy) is 3. The normalized spacial score (nSPS) is 10.4. The quantitative estimate of drug-likeness (QED) is 0.414. The van der Waals surface area contributed by atoms with Crippen LogP contribution in [0.3, 0.4) is 0 Å². The number of halogens is 1. The molecule has 152 valence electrons. The fourth-order valence-electron chi connectivity index (χ4n) is 2.67. The molecule has 9 heteroatoms. The third-order valence-corrected chi connectivity index (χ3v) is 5.40. The first-order chi connectivity index (χ1) is 14.1. The molecule has 0 aliphatic heterocycles. The minimum Gasteiger partial charge on any atom is -0.493 e. The number of nitrogens with zero attached hydrogens (tertiary/aromatic N) is 2. The van der Waals surface area contributed by atoms with Crippen molar-refractivity contribution in [3.63, 3.8) is 0 Å². The Morgan fingerprint density at radius 3 is 2.28 bits per heavy atom. The van der Waals surface area contributed by atoms with Crippen LogP contribution in [0.15, 0.2) is 52.0 Å². The molecule has 0 saturated heterocycles. The number of hydrogen-bond donors (Lipinski definition) is 2. The van der Waals surface area contributed by atoms with Gasteiger partial charge in [0.25, 0.3) is 0 Å². The van der Waals surface area contributed by atoms with Crippen molar-refractivity contribution in [3.8, 4) is 17.2 Å². The molecule has 1 aromatic heterocycles. The Labute approximate surface area is 182 Å². The summed E-state index contributed by atoms with van der Waals surface area (Å²) in [5.41, 5.74) is 1.68. The van der Waals surface area contributed by atoms with Gasteiger partial charge in [-0.05, 0) is 34.3 Å². The third-order valence-electron chi connectivity index (χ3n) is 4.03. The molecule has 2 aromatic carbocycles. The third kappa shape index (κ3) is 4.86. The van der Waals surface area contributed by atoms with Gasteiger partial charge in [0, 0.05) is 28.9 Å². The van der Waals surface area contributed by atoms with Crippen molar-refractivity contribution < 1.29 is 14.2 Å². The number of benzene rings is 2. The van der Waals surface area contributed by atoms with Crippen molar-refractivity contribution in [2.75, 3.05) is 38.2 Å². The second-order valence-electron chi connectivity index (χ2n) is 5.75. The van der Waals surface area contributed by atoms with Crippen LogP contribution < -0.4 is 24.8 Å². The van der Waals surface area contributed by atoms with E-state index in [1.165, 1.54) is 0 Å². The van der Waals surface area contributed by atoms with Gasteiger partial charge in [0.05, 0.1) is 31.5 Å². The lowest BCUT2D eigenvalue weighted by Gasteiger charge is -2.15. The number of thioether (sulfide) groups is 1. The summed E-state index contributed by atoms with van der Waals surface area (Å²) in [7, 11) is 4.71. The number of nitrogens with one attached hydrogen (secondary N) is 2. The Hall–Kier alpha value is -2.65. The van der Waals surface area contributed by atoms with Gasteiger partial charge in [-0.1, -0.05) is 12.1 Å². The molecular formula is C20H21BrN4O3S. The number of anilines is 4. The predicted molar refractivity (Wildman–Crippen MR) is 121 cm³/mol. The van der Waals surface area contributed by atoms with Gasteiger partial charge < -0.3 is 24.8 Å². The summed E-state index contributed by atoms with van der Waals surface area (Å²) in [6.07, 6.45) is 3.73. The van der Waals surface area contributed by atoms with E-state index in [1.54, 1.807) is 51.4 Å². The van der Waals surface area contributed by atoms with Crippen LogP contribution in [-0.4, -0.2) is 37.6 Å². The van der Waals surface area contributed by atoms with Crippen LogP contribution in [0.5, 0.6) is 17.2 Å². The molecule has 0 aliphatic carbocycles. The highest BCUT2D eigenvalue weighted by Crippen LogP contribution is 2.40. The molecule has 0 amide bonds. The van der Waals surface area contributed by atoms with Gasteiger partial charge >= 0.3 is 0 Å². The van der Waals surface area contributed by atoms with Crippen molar-refractivity contribution >= 4 is 50.8 Å². The average molecular weight is 477 g/mol. The zero-order valence-corrected chi connectivity index (χ0v) is 18.8. The van der Waals surface area contributed by atoms with E-state index in [0.29, 0.717) is 34.7 Å². The maximum atomic E-state index is 5.40. The standard InChI is InChI=1S/C20H21BrN4O3S/c1-26-15-9-12(10-16(27-2)18(15)28-3)23-20-22-11-13(21)19(25-20)24-14-7-5-6-8-17(14)29-4/h5-11H,1-4H3,(H2,22,23,24,25). The number of hydrogen-bond acceptors (Lipinski definition) is 8. The fraction of sp³-hybridized carbons (Fsp3) is 0.200. The van der Waals surface area contributed by atoms with Gasteiger partial charge in [-0.3, -0.25) is 0 Å². The van der Waals surface area contributed by atoms with Crippen LogP contribution >= 0.6 is 27.7 Å². The molecule has 0 saturated carbocycles. The summed E-state index contributed by atoms with van der Waals surface area (Å²) in [5.74, 6) is 2.67. The largest absolute Gasteiger partial charge is 0.493 e. The van der Waals surface area contributed by atoms with Crippen molar-refractivity contribution in [2.45, 2.75) is 4.90 Å². The zero-order valence-electron chi connectivity index (χ0n) is 16.4. The highest BCUT2D eigenvalue weighted by molar-refractivity contribution is 9.10. The zero-order chi connectivity index (χ0) is 20.8. The van der Waals surface area contributed by atoms with Crippen molar-refractivity contribution in [1.82, 2.24) is 9.97 Å². The summed E-state index contributed by atoms with van der Waals surface area (Å²) in [6, 6.07) is 11.6. The van der Waals surface area contributed by atoms with Gasteiger partial charge in [0.15, 0.2) is 11.5 Å². The molecular weight excluding hydrogens is 456 g/mol. The monoisotopic (exact) mass is 476 g/mol. The molecule has 0 bridgehead atoms. The highest BCUT2D eigenvalue weighted by Gasteiger charge is 2.14. The van der Waals surface area contributed by atoms with E-state index in [2.05, 4.69) is 42.6 Å². The van der Waals surface area contributed by atoms with E-state index >= 15 is 0 Å². The maximum absolute atomic E-state index is 5.40. The Morgan fingerprint density at radius 2 is 1.66 bits per heavy atom. The summed E-state index contributed by atoms with van der Waals surface area (Å²) in [4.78, 5) is 10.1. The Morgan fingerprint density at radius 1 is 0.966 bits per heavy atom. The molecule has 2 N–H and O–H groups in total. The first-order valence-corrected chi connectivity index (χ1v) is 10.6. The van der Waals surface area contributed by atoms with E-state index in [4.69, 9.17) is 14.2 Å². The number of methoxy groups -OCH3 is 3. The molecule has 0 unspecified atom stereocenters. The van der Waals surface area contributed by atoms with Gasteiger partial charge in [0.2, 0.25) is 11.7 Å². The van der Waals surface area contributed by atoms with Crippen LogP contribution in [0, 0.1) is 0 Å². The van der Waals surface area contributed by atoms with E-state index in [0.717, 1.165) is 15.1 Å². The molecule has 1 heterocycles. The van der Waals surface area contributed by atoms with E-state index in [-0.39, 0.29) is 0 Å². The van der Waals surface area contributed by atoms with Gasteiger partial charge in [-0.15, -0.1) is 11.8 Å². The van der Waals surface area contributed by atoms with Gasteiger partial charge in [-0.2, -0.15) is 4.98 Å². The van der Waals surface area contributed by atoms with Crippen molar-refractivity contribution in [2.24, 2.45) is 0 Å². The number of aromatic nitrogens is 2. The average Bonchev–Trinajstić information content (AvgIpc) is 2.75. The van der Waals surface area contributed by atoms with E-state index in [1.807, 2.05) is 24.5 Å². The van der Waals surface area contributed by atoms with E-state index in [9.17, 15) is 0 Å². The second-order valence-corrected chi connectivity index (χ2v) is 7.46. The number of para-hydroxylation sites is 1. The summed E-state index contributed by atoms with van der Waals surface area (Å²) in [5, 5.41) is 6.54. The predicted octanol–water partition coefficient (Wildman–Crippen LogP) is 5.47. The Balaban J connectivity index is 1.90. The molecule has 3 rings (SSSR count). The highest BCUT2D eigenvalue weighted by atomic mass is 79.9. The van der Waals surface area contributed by atoms with Gasteiger partial charge in [0.1, 0.15) is 5.82 Å². The van der Waals surface area contributed by atoms with Gasteiger partial charge in [-0.25, -0.2) is 4.98 Å². The van der Waals surface area contributed by atoms with Crippen LogP contribution in [0.4, 0.5) is 23.1 Å². The molecule has 29 heavy (non-hydrogen) atoms. The lowest BCUT2D eigenvalue weighted by Crippen LogP contribution is -2.03. The number of rotatable bonds is 8. The lowest BCUT2D eigenvalue weighted by atomic mass is 10.2. The van der Waals surface area contributed by atoms with E-state index < -0.39 is 0 Å². The molecule has 0 radical (unpaired) electrons. The van der Waals surface area contributed by atoms with Crippen molar-refractivity contribution in [1.29, 1.82) is 0 Å². The maximum Gasteiger partial charge on any atom is 0.229 e. The minimum atomic E-state index is 0.423. The Bertz CT molecular complexity index is 978. The second kappa shape index (κ2) is 9.71. The summed E-state index contributed by atoms with van der Waals surface area (Å²) >= 11 is 5.17. The minimum absolute atomic E-state index is 0.423. The topological polar surface area (TPSA) is 77.5 Å². The first-order valence-electron chi connectivity index (χ1n) is 8.59. The summed E-state index contributed by atoms with van der Waals surface area (Å²) < 4.78 is 16.9. The molecule has 0 aliphatic rings. The Kier molecular flexibility index (Phi) is 7.05. The van der Waals surface area contributed by atoms with Crippen LogP contribution in [0.1, 0.15) is 0 Å². The summed E-state index contributed by atoms with van der Waals surface area (Å²) in [6.45, 7) is 0.